The van der Waals surface area contributed by atoms with Gasteiger partial charge in [-0.3, -0.25) is 9.59 Å². The molecule has 7 heteroatoms. The molecule has 0 radical (unpaired) electrons. The van der Waals surface area contributed by atoms with Gasteiger partial charge in [-0.25, -0.2) is 4.98 Å². The molecule has 0 spiro atoms. The van der Waals surface area contributed by atoms with E-state index >= 15 is 0 Å². The number of carbonyl (C=O) groups is 2. The molecule has 148 valence electrons. The molecule has 1 unspecified atom stereocenters. The summed E-state index contributed by atoms with van der Waals surface area (Å²) in [5.41, 5.74) is 1.48. The molecule has 0 aromatic carbocycles. The maximum atomic E-state index is 13.4. The van der Waals surface area contributed by atoms with Crippen molar-refractivity contribution in [2.24, 2.45) is 0 Å². The van der Waals surface area contributed by atoms with Crippen molar-refractivity contribution in [1.82, 2.24) is 19.4 Å². The van der Waals surface area contributed by atoms with E-state index in [1.165, 1.54) is 6.42 Å². The van der Waals surface area contributed by atoms with Crippen LogP contribution >= 0.6 is 0 Å². The van der Waals surface area contributed by atoms with Gasteiger partial charge in [-0.15, -0.1) is 0 Å². The molecule has 1 aromatic heterocycles. The van der Waals surface area contributed by atoms with Crippen LogP contribution in [0, 0.1) is 0 Å². The summed E-state index contributed by atoms with van der Waals surface area (Å²) in [5, 5.41) is 0. The summed E-state index contributed by atoms with van der Waals surface area (Å²) in [4.78, 5) is 34.9. The molecule has 3 aliphatic heterocycles. The summed E-state index contributed by atoms with van der Waals surface area (Å²) in [6.07, 6.45) is 7.19. The van der Waals surface area contributed by atoms with Crippen LogP contribution in [0.2, 0.25) is 0 Å². The second kappa shape index (κ2) is 8.00. The second-order valence-corrected chi connectivity index (χ2v) is 7.80. The lowest BCUT2D eigenvalue weighted by Gasteiger charge is -2.35. The highest BCUT2D eigenvalue weighted by Gasteiger charge is 2.34. The number of ether oxygens (including phenoxy) is 1. The number of morpholine rings is 1. The highest BCUT2D eigenvalue weighted by molar-refractivity contribution is 5.97. The number of aromatic nitrogens is 2. The van der Waals surface area contributed by atoms with E-state index in [0.717, 1.165) is 57.3 Å². The van der Waals surface area contributed by atoms with Crippen molar-refractivity contribution in [3.05, 3.63) is 17.2 Å². The van der Waals surface area contributed by atoms with E-state index in [0.29, 0.717) is 43.9 Å². The third-order valence-electron chi connectivity index (χ3n) is 6.17. The summed E-state index contributed by atoms with van der Waals surface area (Å²) < 4.78 is 7.38. The molecule has 2 fully saturated rings. The van der Waals surface area contributed by atoms with E-state index < -0.39 is 0 Å². The maximum Gasteiger partial charge on any atom is 0.290 e. The zero-order valence-electron chi connectivity index (χ0n) is 16.3. The van der Waals surface area contributed by atoms with Crippen LogP contribution in [-0.2, 0) is 17.7 Å². The largest absolute Gasteiger partial charge is 0.378 e. The average Bonchev–Trinajstić information content (AvgIpc) is 3.13. The number of imidazole rings is 1. The SMILES string of the molecule is CCC1CCCCN1C(=O)c1nc(C(=O)N2CCOCC2)n2c1CCCC2. The van der Waals surface area contributed by atoms with Crippen molar-refractivity contribution in [2.45, 2.75) is 64.5 Å². The van der Waals surface area contributed by atoms with Crippen LogP contribution in [0.15, 0.2) is 0 Å². The van der Waals surface area contributed by atoms with Crippen molar-refractivity contribution >= 4 is 11.8 Å². The van der Waals surface area contributed by atoms with Crippen molar-refractivity contribution in [2.75, 3.05) is 32.8 Å². The Hall–Kier alpha value is -1.89. The summed E-state index contributed by atoms with van der Waals surface area (Å²) in [7, 11) is 0. The first kappa shape index (κ1) is 18.5. The third-order valence-corrected chi connectivity index (χ3v) is 6.17. The molecule has 7 nitrogen and oxygen atoms in total. The molecule has 1 atom stereocenters. The lowest BCUT2D eigenvalue weighted by atomic mass is 9.99. The number of nitrogens with zero attached hydrogens (tertiary/aromatic N) is 4. The normalized spacial score (nSPS) is 23.2. The van der Waals surface area contributed by atoms with Crippen LogP contribution < -0.4 is 0 Å². The zero-order chi connectivity index (χ0) is 18.8. The Labute approximate surface area is 160 Å². The highest BCUT2D eigenvalue weighted by atomic mass is 16.5. The predicted molar refractivity (Wildman–Crippen MR) is 101 cm³/mol. The lowest BCUT2D eigenvalue weighted by Crippen LogP contribution is -2.44. The van der Waals surface area contributed by atoms with Gasteiger partial charge in [0, 0.05) is 32.2 Å². The van der Waals surface area contributed by atoms with E-state index in [9.17, 15) is 9.59 Å². The molecule has 3 aliphatic rings. The Kier molecular flexibility index (Phi) is 5.48. The second-order valence-electron chi connectivity index (χ2n) is 7.80. The first-order valence-corrected chi connectivity index (χ1v) is 10.5. The van der Waals surface area contributed by atoms with E-state index in [1.54, 1.807) is 4.90 Å². The van der Waals surface area contributed by atoms with Crippen LogP contribution in [0.4, 0.5) is 0 Å². The van der Waals surface area contributed by atoms with Crippen LogP contribution in [0.25, 0.3) is 0 Å². The number of hydrogen-bond donors (Lipinski definition) is 0. The number of rotatable bonds is 3. The molecule has 4 heterocycles. The molecule has 4 rings (SSSR count). The van der Waals surface area contributed by atoms with Gasteiger partial charge in [0.05, 0.1) is 18.9 Å². The maximum absolute atomic E-state index is 13.4. The van der Waals surface area contributed by atoms with E-state index in [-0.39, 0.29) is 11.8 Å². The number of likely N-dealkylation sites (tertiary alicyclic amines) is 1. The first-order valence-electron chi connectivity index (χ1n) is 10.5. The zero-order valence-corrected chi connectivity index (χ0v) is 16.3. The minimum absolute atomic E-state index is 0.0215. The van der Waals surface area contributed by atoms with E-state index in [4.69, 9.17) is 4.74 Å². The minimum atomic E-state index is -0.0637. The van der Waals surface area contributed by atoms with Crippen LogP contribution in [0.3, 0.4) is 0 Å². The Morgan fingerprint density at radius 2 is 1.81 bits per heavy atom. The van der Waals surface area contributed by atoms with Crippen molar-refractivity contribution in [1.29, 1.82) is 0 Å². The van der Waals surface area contributed by atoms with Gasteiger partial charge in [-0.2, -0.15) is 0 Å². The number of fused-ring (bicyclic) bond motifs is 1. The van der Waals surface area contributed by atoms with Gasteiger partial charge >= 0.3 is 0 Å². The molecular weight excluding hydrogens is 344 g/mol. The van der Waals surface area contributed by atoms with Crippen LogP contribution in [-0.4, -0.2) is 70.1 Å². The Bertz CT molecular complexity index is 708. The fourth-order valence-corrected chi connectivity index (χ4v) is 4.61. The molecule has 1 aromatic rings. The summed E-state index contributed by atoms with van der Waals surface area (Å²) in [6, 6.07) is 0.297. The molecule has 2 amide bonds. The fourth-order valence-electron chi connectivity index (χ4n) is 4.61. The van der Waals surface area contributed by atoms with E-state index in [1.807, 2.05) is 9.47 Å². The highest BCUT2D eigenvalue weighted by Crippen LogP contribution is 2.27. The molecule has 2 saturated heterocycles. The molecule has 0 bridgehead atoms. The molecule has 0 N–H and O–H groups in total. The number of hydrogen-bond acceptors (Lipinski definition) is 4. The van der Waals surface area contributed by atoms with Crippen molar-refractivity contribution in [3.63, 3.8) is 0 Å². The number of amides is 2. The smallest absolute Gasteiger partial charge is 0.290 e. The summed E-state index contributed by atoms with van der Waals surface area (Å²) in [5.74, 6) is 0.402. The quantitative estimate of drug-likeness (QED) is 0.813. The monoisotopic (exact) mass is 374 g/mol. The Morgan fingerprint density at radius 3 is 2.59 bits per heavy atom. The molecular formula is C20H30N4O3. The van der Waals surface area contributed by atoms with Crippen LogP contribution in [0.1, 0.15) is 72.3 Å². The van der Waals surface area contributed by atoms with Gasteiger partial charge in [0.2, 0.25) is 0 Å². The van der Waals surface area contributed by atoms with Gasteiger partial charge in [-0.05, 0) is 44.9 Å². The van der Waals surface area contributed by atoms with Crippen molar-refractivity contribution in [3.8, 4) is 0 Å². The van der Waals surface area contributed by atoms with Gasteiger partial charge in [0.1, 0.15) is 5.69 Å². The standard InChI is InChI=1S/C20H30N4O3/c1-2-15-7-3-5-9-23(15)19(25)17-16-8-4-6-10-24(16)18(21-17)20(26)22-11-13-27-14-12-22/h15H,2-14H2,1H3. The van der Waals surface area contributed by atoms with Gasteiger partial charge < -0.3 is 19.1 Å². The Balaban J connectivity index is 1.65. The summed E-state index contributed by atoms with van der Waals surface area (Å²) >= 11 is 0. The van der Waals surface area contributed by atoms with Crippen LogP contribution in [0.5, 0.6) is 0 Å². The van der Waals surface area contributed by atoms with Gasteiger partial charge in [0.15, 0.2) is 5.82 Å². The predicted octanol–water partition coefficient (Wildman–Crippen LogP) is 2.10. The Morgan fingerprint density at radius 1 is 1.04 bits per heavy atom. The van der Waals surface area contributed by atoms with Gasteiger partial charge in [0.25, 0.3) is 11.8 Å². The fraction of sp³-hybridized carbons (Fsp3) is 0.750. The minimum Gasteiger partial charge on any atom is -0.378 e. The molecule has 0 aliphatic carbocycles. The summed E-state index contributed by atoms with van der Waals surface area (Å²) in [6.45, 7) is 6.04. The molecule has 27 heavy (non-hydrogen) atoms. The van der Waals surface area contributed by atoms with Crippen molar-refractivity contribution < 1.29 is 14.3 Å². The number of piperidine rings is 1. The van der Waals surface area contributed by atoms with Gasteiger partial charge in [-0.1, -0.05) is 6.92 Å². The van der Waals surface area contributed by atoms with E-state index in [2.05, 4.69) is 11.9 Å². The lowest BCUT2D eigenvalue weighted by molar-refractivity contribution is 0.0291. The molecule has 0 saturated carbocycles. The number of carbonyl (C=O) groups excluding carboxylic acids is 2. The average molecular weight is 374 g/mol. The topological polar surface area (TPSA) is 67.7 Å². The first-order chi connectivity index (χ1) is 13.2. The third kappa shape index (κ3) is 3.49.